The van der Waals surface area contributed by atoms with Crippen molar-refractivity contribution in [3.63, 3.8) is 0 Å². The second-order valence-corrected chi connectivity index (χ2v) is 11.9. The Morgan fingerprint density at radius 2 is 1.50 bits per heavy atom. The van der Waals surface area contributed by atoms with Gasteiger partial charge in [0.15, 0.2) is 0 Å². The Bertz CT molecular complexity index is 1420. The second-order valence-electron chi connectivity index (χ2n) is 7.61. The number of ether oxygens (including phenoxy) is 2. The van der Waals surface area contributed by atoms with Gasteiger partial charge in [-0.3, -0.25) is 0 Å². The number of esters is 1. The lowest BCUT2D eigenvalue weighted by Crippen LogP contribution is -2.10. The van der Waals surface area contributed by atoms with E-state index >= 15 is 0 Å². The monoisotopic (exact) mass is 806 g/mol. The summed E-state index contributed by atoms with van der Waals surface area (Å²) in [7, 11) is 1.52. The van der Waals surface area contributed by atoms with E-state index in [1.807, 2.05) is 0 Å². The zero-order valence-corrected chi connectivity index (χ0v) is 26.1. The number of allylic oxidation sites excluding steroid dienone is 1. The summed E-state index contributed by atoms with van der Waals surface area (Å²) >= 11 is 16.8. The summed E-state index contributed by atoms with van der Waals surface area (Å²) in [6.45, 7) is 0. The van der Waals surface area contributed by atoms with Crippen LogP contribution in [0, 0.1) is 0 Å². The van der Waals surface area contributed by atoms with Crippen LogP contribution in [-0.4, -0.2) is 28.4 Å². The van der Waals surface area contributed by atoms with Crippen LogP contribution < -0.4 is 4.74 Å². The third-order valence-corrected chi connectivity index (χ3v) is 8.35. The van der Waals surface area contributed by atoms with E-state index in [1.165, 1.54) is 13.2 Å². The molecule has 3 aromatic rings. The number of phenolic OH excluding ortho intramolecular Hbond substituents is 2. The van der Waals surface area contributed by atoms with Crippen molar-refractivity contribution >= 4 is 97.3 Å². The van der Waals surface area contributed by atoms with E-state index in [-0.39, 0.29) is 22.8 Å². The zero-order chi connectivity index (χ0) is 26.3. The third-order valence-electron chi connectivity index (χ3n) is 5.33. The van der Waals surface area contributed by atoms with Gasteiger partial charge < -0.3 is 24.8 Å². The maximum absolute atomic E-state index is 13.2. The number of benzene rings is 3. The molecule has 11 heteroatoms. The first-order valence-corrected chi connectivity index (χ1v) is 14.0. The fourth-order valence-electron chi connectivity index (χ4n) is 3.67. The minimum absolute atomic E-state index is 0.0200. The topological polar surface area (TPSA) is 96.2 Å². The molecule has 0 amide bonds. The van der Waals surface area contributed by atoms with Crippen LogP contribution in [0.25, 0.3) is 11.6 Å². The van der Waals surface area contributed by atoms with Crippen LogP contribution in [0.2, 0.25) is 0 Å². The first kappa shape index (κ1) is 27.4. The molecule has 1 aliphatic rings. The number of aromatic hydroxyl groups is 2. The molecule has 3 N–H and O–H groups in total. The highest BCUT2D eigenvalue weighted by atomic mass is 79.9. The van der Waals surface area contributed by atoms with Crippen LogP contribution in [0.15, 0.2) is 76.2 Å². The molecule has 4 rings (SSSR count). The minimum atomic E-state index is -1.34. The fraction of sp³-hybridized carbons (Fsp3) is 0.0800. The molecule has 0 aliphatic carbocycles. The average molecular weight is 811 g/mol. The van der Waals surface area contributed by atoms with Gasteiger partial charge >= 0.3 is 5.97 Å². The van der Waals surface area contributed by atoms with Crippen LogP contribution >= 0.6 is 79.6 Å². The molecule has 6 nitrogen and oxygen atoms in total. The molecule has 36 heavy (non-hydrogen) atoms. The number of rotatable bonds is 5. The summed E-state index contributed by atoms with van der Waals surface area (Å²) in [6, 6.07) is 11.4. The molecule has 1 aliphatic heterocycles. The highest BCUT2D eigenvalue weighted by Gasteiger charge is 2.36. The van der Waals surface area contributed by atoms with Crippen molar-refractivity contribution in [1.29, 1.82) is 0 Å². The number of halogens is 5. The number of cyclic esters (lactones) is 1. The van der Waals surface area contributed by atoms with Gasteiger partial charge in [-0.2, -0.15) is 0 Å². The Morgan fingerprint density at radius 1 is 0.889 bits per heavy atom. The first-order valence-electron chi connectivity index (χ1n) is 10.1. The lowest BCUT2D eigenvalue weighted by molar-refractivity contribution is -0.134. The number of methoxy groups -OCH3 is 1. The summed E-state index contributed by atoms with van der Waals surface area (Å²) in [6.07, 6.45) is 0.283. The zero-order valence-electron chi connectivity index (χ0n) is 18.2. The van der Waals surface area contributed by atoms with Gasteiger partial charge in [-0.25, -0.2) is 4.79 Å². The Labute approximate surface area is 248 Å². The molecule has 0 fully saturated rings. The Morgan fingerprint density at radius 3 is 2.06 bits per heavy atom. The molecule has 0 aromatic heterocycles. The van der Waals surface area contributed by atoms with Gasteiger partial charge in [0.25, 0.3) is 0 Å². The molecular weight excluding hydrogens is 796 g/mol. The molecule has 0 saturated carbocycles. The number of hydrogen-bond acceptors (Lipinski definition) is 6. The molecule has 3 aromatic carbocycles. The molecule has 0 radical (unpaired) electrons. The second kappa shape index (κ2) is 11.0. The van der Waals surface area contributed by atoms with E-state index in [9.17, 15) is 20.1 Å². The quantitative estimate of drug-likeness (QED) is 0.226. The molecular formula is C25H15Br5O6. The largest absolute Gasteiger partial charge is 0.507 e. The SMILES string of the molecule is COc1c(Br)cc([C@H](O)C2=C(c3ccc(O)c(Br)c3)/C(=C/c3cc(Br)c(O)c(Br)c3)OC2=O)cc1Br. The van der Waals surface area contributed by atoms with Gasteiger partial charge in [0.05, 0.1) is 35.0 Å². The van der Waals surface area contributed by atoms with E-state index in [4.69, 9.17) is 9.47 Å². The van der Waals surface area contributed by atoms with Crippen molar-refractivity contribution in [2.45, 2.75) is 6.10 Å². The van der Waals surface area contributed by atoms with E-state index < -0.39 is 12.1 Å². The van der Waals surface area contributed by atoms with E-state index in [1.54, 1.807) is 42.5 Å². The van der Waals surface area contributed by atoms with Crippen molar-refractivity contribution in [1.82, 2.24) is 0 Å². The van der Waals surface area contributed by atoms with Crippen LogP contribution in [0.4, 0.5) is 0 Å². The Balaban J connectivity index is 1.94. The molecule has 0 saturated heterocycles. The fourth-order valence-corrected chi connectivity index (χ4v) is 6.82. The van der Waals surface area contributed by atoms with Crippen molar-refractivity contribution < 1.29 is 29.6 Å². The molecule has 0 bridgehead atoms. The normalized spacial score (nSPS) is 15.4. The van der Waals surface area contributed by atoms with E-state index in [0.29, 0.717) is 50.4 Å². The summed E-state index contributed by atoms with van der Waals surface area (Å²) in [5.41, 5.74) is 1.97. The first-order chi connectivity index (χ1) is 17.0. The highest BCUT2D eigenvalue weighted by molar-refractivity contribution is 9.11. The maximum atomic E-state index is 13.2. The number of aliphatic hydroxyl groups excluding tert-OH is 1. The lowest BCUT2D eigenvalue weighted by Gasteiger charge is -2.15. The van der Waals surface area contributed by atoms with E-state index in [0.717, 1.165) is 0 Å². The van der Waals surface area contributed by atoms with Gasteiger partial charge in [0, 0.05) is 5.57 Å². The summed E-state index contributed by atoms with van der Waals surface area (Å²) in [5.74, 6) is 0.0774. The number of carbonyl (C=O) groups excluding carboxylic acids is 1. The summed E-state index contributed by atoms with van der Waals surface area (Å²) in [4.78, 5) is 13.2. The summed E-state index contributed by atoms with van der Waals surface area (Å²) < 4.78 is 13.5. The predicted molar refractivity (Wildman–Crippen MR) is 154 cm³/mol. The number of carbonyl (C=O) groups is 1. The molecule has 1 atom stereocenters. The maximum Gasteiger partial charge on any atom is 0.343 e. The molecule has 186 valence electrons. The van der Waals surface area contributed by atoms with Gasteiger partial charge in [-0.05, 0) is 139 Å². The molecule has 0 spiro atoms. The van der Waals surface area contributed by atoms with Crippen LogP contribution in [0.5, 0.6) is 17.2 Å². The average Bonchev–Trinajstić information content (AvgIpc) is 3.13. The molecule has 0 unspecified atom stereocenters. The lowest BCUT2D eigenvalue weighted by atomic mass is 9.92. The van der Waals surface area contributed by atoms with Crippen LogP contribution in [-0.2, 0) is 9.53 Å². The van der Waals surface area contributed by atoms with Crippen molar-refractivity contribution in [3.8, 4) is 17.2 Å². The number of hydrogen-bond donors (Lipinski definition) is 3. The van der Waals surface area contributed by atoms with Crippen LogP contribution in [0.3, 0.4) is 0 Å². The highest BCUT2D eigenvalue weighted by Crippen LogP contribution is 2.45. The van der Waals surface area contributed by atoms with Crippen molar-refractivity contribution in [3.05, 3.63) is 92.9 Å². The van der Waals surface area contributed by atoms with Gasteiger partial charge in [0.2, 0.25) is 0 Å². The minimum Gasteiger partial charge on any atom is -0.507 e. The predicted octanol–water partition coefficient (Wildman–Crippen LogP) is 8.00. The van der Waals surface area contributed by atoms with Crippen LogP contribution in [0.1, 0.15) is 22.8 Å². The Kier molecular flexibility index (Phi) is 8.38. The van der Waals surface area contributed by atoms with Crippen molar-refractivity contribution in [2.24, 2.45) is 0 Å². The third kappa shape index (κ3) is 5.32. The molecule has 1 heterocycles. The van der Waals surface area contributed by atoms with Gasteiger partial charge in [-0.15, -0.1) is 0 Å². The Hall–Kier alpha value is -1.63. The standard InChI is InChI=1S/C25H15Br5O6/c1-35-24-16(29)8-12(9-17(24)30)22(32)21-20(11-2-3-18(31)13(26)7-11)19(36-25(21)34)6-10-4-14(27)23(33)15(28)5-10/h2-9,22,31-33H,1H3/b19-6-/t22-/m0/s1. The van der Waals surface area contributed by atoms with Gasteiger partial charge in [0.1, 0.15) is 29.1 Å². The van der Waals surface area contributed by atoms with Crippen molar-refractivity contribution in [2.75, 3.05) is 7.11 Å². The number of aliphatic hydroxyl groups is 1. The van der Waals surface area contributed by atoms with Gasteiger partial charge in [-0.1, -0.05) is 6.07 Å². The summed E-state index contributed by atoms with van der Waals surface area (Å²) in [5, 5.41) is 31.5. The van der Waals surface area contributed by atoms with E-state index in [2.05, 4.69) is 79.6 Å². The smallest absolute Gasteiger partial charge is 0.343 e. The number of phenols is 2.